The third kappa shape index (κ3) is 21.0. The van der Waals surface area contributed by atoms with E-state index in [-0.39, 0.29) is 19.8 Å². The van der Waals surface area contributed by atoms with Crippen LogP contribution in [-0.2, 0) is 28.6 Å². The largest absolute Gasteiger partial charge is 0.466 e. The summed E-state index contributed by atoms with van der Waals surface area (Å²) in [5.41, 5.74) is 0. The number of hydrogen-bond acceptors (Lipinski definition) is 7. The maximum absolute atomic E-state index is 12.7. The minimum atomic E-state index is -1.76. The van der Waals surface area contributed by atoms with Crippen molar-refractivity contribution in [3.63, 3.8) is 0 Å². The second kappa shape index (κ2) is 22.4. The molecule has 0 aromatic rings. The smallest absolute Gasteiger partial charge is 0.335 e. The summed E-state index contributed by atoms with van der Waals surface area (Å²) in [6, 6.07) is 0. The first-order valence-corrected chi connectivity index (χ1v) is 14.7. The number of aliphatic hydroxyl groups is 1. The second-order valence-electron chi connectivity index (χ2n) is 11.5. The molecule has 0 heterocycles. The molecule has 2 unspecified atom stereocenters. The molecule has 218 valence electrons. The molecule has 37 heavy (non-hydrogen) atoms. The number of aliphatic hydroxyl groups excluding tert-OH is 1. The SMILES string of the molecule is CC(C)CCCCCOC(=O)CC(C(=O)OCCCCCC(C)C)C(O)C(=O)OCCCCCC(C)C. The Bertz CT molecular complexity index is 601. The molecule has 0 saturated heterocycles. The number of hydrogen-bond donors (Lipinski definition) is 1. The average Bonchev–Trinajstić information content (AvgIpc) is 2.82. The predicted octanol–water partition coefficient (Wildman–Crippen LogP) is 6.63. The number of rotatable bonds is 23. The van der Waals surface area contributed by atoms with Gasteiger partial charge in [0.05, 0.1) is 26.2 Å². The second-order valence-corrected chi connectivity index (χ2v) is 11.5. The molecule has 0 spiro atoms. The molecular formula is C30H56O7. The Balaban J connectivity index is 4.70. The number of unbranched alkanes of at least 4 members (excludes halogenated alkanes) is 6. The predicted molar refractivity (Wildman–Crippen MR) is 147 cm³/mol. The van der Waals surface area contributed by atoms with Crippen molar-refractivity contribution in [1.29, 1.82) is 0 Å². The van der Waals surface area contributed by atoms with Gasteiger partial charge in [-0.3, -0.25) is 9.59 Å². The van der Waals surface area contributed by atoms with Crippen molar-refractivity contribution >= 4 is 17.9 Å². The summed E-state index contributed by atoms with van der Waals surface area (Å²) in [5.74, 6) is -1.72. The molecule has 0 bridgehead atoms. The maximum atomic E-state index is 12.7. The van der Waals surface area contributed by atoms with Crippen LogP contribution in [0, 0.1) is 23.7 Å². The molecule has 0 aromatic heterocycles. The lowest BCUT2D eigenvalue weighted by atomic mass is 9.98. The fourth-order valence-electron chi connectivity index (χ4n) is 3.94. The first kappa shape index (κ1) is 35.4. The van der Waals surface area contributed by atoms with Gasteiger partial charge < -0.3 is 19.3 Å². The van der Waals surface area contributed by atoms with Crippen LogP contribution in [0.25, 0.3) is 0 Å². The molecule has 0 aliphatic heterocycles. The van der Waals surface area contributed by atoms with E-state index in [0.717, 1.165) is 64.2 Å². The van der Waals surface area contributed by atoms with Crippen LogP contribution in [0.5, 0.6) is 0 Å². The van der Waals surface area contributed by atoms with Crippen LogP contribution in [0.2, 0.25) is 0 Å². The summed E-state index contributed by atoms with van der Waals surface area (Å²) >= 11 is 0. The highest BCUT2D eigenvalue weighted by atomic mass is 16.6. The zero-order valence-electron chi connectivity index (χ0n) is 24.6. The summed E-state index contributed by atoms with van der Waals surface area (Å²) in [5, 5.41) is 10.6. The van der Waals surface area contributed by atoms with E-state index < -0.39 is 36.4 Å². The van der Waals surface area contributed by atoms with E-state index in [9.17, 15) is 19.5 Å². The summed E-state index contributed by atoms with van der Waals surface area (Å²) in [6.45, 7) is 13.6. The van der Waals surface area contributed by atoms with Gasteiger partial charge in [-0.15, -0.1) is 0 Å². The normalized spacial score (nSPS) is 13.1. The molecule has 0 rings (SSSR count). The van der Waals surface area contributed by atoms with Crippen LogP contribution in [-0.4, -0.2) is 48.9 Å². The molecule has 0 saturated carbocycles. The van der Waals surface area contributed by atoms with Gasteiger partial charge in [-0.05, 0) is 37.0 Å². The number of ether oxygens (including phenoxy) is 3. The highest BCUT2D eigenvalue weighted by Gasteiger charge is 2.37. The van der Waals surface area contributed by atoms with E-state index in [2.05, 4.69) is 41.5 Å². The van der Waals surface area contributed by atoms with Crippen molar-refractivity contribution in [3.05, 3.63) is 0 Å². The van der Waals surface area contributed by atoms with Crippen LogP contribution in [0.4, 0.5) is 0 Å². The van der Waals surface area contributed by atoms with Gasteiger partial charge in [-0.1, -0.05) is 99.3 Å². The van der Waals surface area contributed by atoms with Gasteiger partial charge in [0.15, 0.2) is 6.10 Å². The topological polar surface area (TPSA) is 99.1 Å². The van der Waals surface area contributed by atoms with E-state index in [1.54, 1.807) is 0 Å². The standard InChI is InChI=1S/C30H56O7/c1-23(2)16-10-7-13-19-35-27(31)22-26(29(33)36-20-14-8-11-17-24(3)4)28(32)30(34)37-21-15-9-12-18-25(5)6/h23-26,28,32H,7-22H2,1-6H3. The average molecular weight is 529 g/mol. The third-order valence-electron chi connectivity index (χ3n) is 6.34. The van der Waals surface area contributed by atoms with E-state index >= 15 is 0 Å². The lowest BCUT2D eigenvalue weighted by molar-refractivity contribution is -0.170. The zero-order chi connectivity index (χ0) is 28.1. The zero-order valence-corrected chi connectivity index (χ0v) is 24.6. The summed E-state index contributed by atoms with van der Waals surface area (Å²) < 4.78 is 15.8. The van der Waals surface area contributed by atoms with E-state index in [1.807, 2.05) is 0 Å². The van der Waals surface area contributed by atoms with E-state index in [1.165, 1.54) is 0 Å². The fourth-order valence-corrected chi connectivity index (χ4v) is 3.94. The summed E-state index contributed by atoms with van der Waals surface area (Å²) in [4.78, 5) is 37.6. The number of esters is 3. The molecule has 0 aromatic carbocycles. The van der Waals surface area contributed by atoms with Gasteiger partial charge in [0.25, 0.3) is 0 Å². The van der Waals surface area contributed by atoms with E-state index in [4.69, 9.17) is 14.2 Å². The third-order valence-corrected chi connectivity index (χ3v) is 6.34. The molecule has 0 fully saturated rings. The Morgan fingerprint density at radius 2 is 0.919 bits per heavy atom. The van der Waals surface area contributed by atoms with Gasteiger partial charge in [0.1, 0.15) is 5.92 Å². The molecule has 0 amide bonds. The molecule has 2 atom stereocenters. The quantitative estimate of drug-likeness (QED) is 0.0902. The Morgan fingerprint density at radius 3 is 1.32 bits per heavy atom. The van der Waals surface area contributed by atoms with Crippen LogP contribution in [0.15, 0.2) is 0 Å². The Labute approximate surface area is 226 Å². The summed E-state index contributed by atoms with van der Waals surface area (Å²) in [6.07, 6.45) is 9.29. The number of carbonyl (C=O) groups is 3. The molecule has 1 N–H and O–H groups in total. The first-order valence-electron chi connectivity index (χ1n) is 14.7. The lowest BCUT2D eigenvalue weighted by Crippen LogP contribution is -2.39. The summed E-state index contributed by atoms with van der Waals surface area (Å²) in [7, 11) is 0. The molecular weight excluding hydrogens is 472 g/mol. The van der Waals surface area contributed by atoms with Crippen LogP contribution in [0.3, 0.4) is 0 Å². The number of carbonyl (C=O) groups excluding carboxylic acids is 3. The van der Waals surface area contributed by atoms with Crippen molar-refractivity contribution in [2.75, 3.05) is 19.8 Å². The van der Waals surface area contributed by atoms with Gasteiger partial charge >= 0.3 is 17.9 Å². The monoisotopic (exact) mass is 528 g/mol. The lowest BCUT2D eigenvalue weighted by Gasteiger charge is -2.20. The van der Waals surface area contributed by atoms with E-state index in [0.29, 0.717) is 30.6 Å². The Morgan fingerprint density at radius 1 is 0.541 bits per heavy atom. The van der Waals surface area contributed by atoms with Crippen LogP contribution >= 0.6 is 0 Å². The molecule has 0 radical (unpaired) electrons. The molecule has 0 aliphatic rings. The highest BCUT2D eigenvalue weighted by molar-refractivity contribution is 5.87. The molecule has 7 nitrogen and oxygen atoms in total. The van der Waals surface area contributed by atoms with Gasteiger partial charge in [0, 0.05) is 0 Å². The minimum absolute atomic E-state index is 0.173. The minimum Gasteiger partial charge on any atom is -0.466 e. The van der Waals surface area contributed by atoms with Gasteiger partial charge in [0.2, 0.25) is 0 Å². The maximum Gasteiger partial charge on any atom is 0.335 e. The van der Waals surface area contributed by atoms with Crippen molar-refractivity contribution < 1.29 is 33.7 Å². The van der Waals surface area contributed by atoms with Crippen molar-refractivity contribution in [1.82, 2.24) is 0 Å². The van der Waals surface area contributed by atoms with Crippen molar-refractivity contribution in [3.8, 4) is 0 Å². The molecule has 7 heteroatoms. The fraction of sp³-hybridized carbons (Fsp3) is 0.900. The first-order chi connectivity index (χ1) is 17.5. The Hall–Kier alpha value is -1.63. The van der Waals surface area contributed by atoms with Gasteiger partial charge in [-0.25, -0.2) is 4.79 Å². The Kier molecular flexibility index (Phi) is 21.4. The van der Waals surface area contributed by atoms with Crippen LogP contribution in [0.1, 0.15) is 125 Å². The molecule has 0 aliphatic carbocycles. The highest BCUT2D eigenvalue weighted by Crippen LogP contribution is 2.17. The van der Waals surface area contributed by atoms with Crippen molar-refractivity contribution in [2.45, 2.75) is 131 Å². The van der Waals surface area contributed by atoms with Crippen molar-refractivity contribution in [2.24, 2.45) is 23.7 Å². The van der Waals surface area contributed by atoms with Gasteiger partial charge in [-0.2, -0.15) is 0 Å². The van der Waals surface area contributed by atoms with Crippen LogP contribution < -0.4 is 0 Å².